The van der Waals surface area contributed by atoms with Gasteiger partial charge in [-0.15, -0.1) is 12.4 Å². The zero-order chi connectivity index (χ0) is 10.6. The Hall–Kier alpha value is -1.33. The molecule has 0 aliphatic heterocycles. The maximum atomic E-state index is 8.77. The van der Waals surface area contributed by atoms with E-state index in [9.17, 15) is 0 Å². The van der Waals surface area contributed by atoms with Gasteiger partial charge in [-0.2, -0.15) is 0 Å². The van der Waals surface area contributed by atoms with Gasteiger partial charge in [0, 0.05) is 19.8 Å². The van der Waals surface area contributed by atoms with Crippen LogP contribution in [0.1, 0.15) is 5.56 Å². The predicted octanol–water partition coefficient (Wildman–Crippen LogP) is 0.216. The molecule has 0 aromatic carbocycles. The predicted molar refractivity (Wildman–Crippen MR) is 62.9 cm³/mol. The number of hydrogen-bond donors (Lipinski definition) is 3. The zero-order valence-electron chi connectivity index (χ0n) is 8.47. The molecule has 0 fully saturated rings. The van der Waals surface area contributed by atoms with Crippen LogP contribution >= 0.6 is 12.4 Å². The minimum Gasteiger partial charge on any atom is -0.395 e. The van der Waals surface area contributed by atoms with Crippen LogP contribution in [0.5, 0.6) is 0 Å². The number of likely N-dealkylation sites (N-methyl/N-ethyl adjacent to an activating group) is 1. The van der Waals surface area contributed by atoms with Crippen LogP contribution in [0, 0.1) is 5.41 Å². The summed E-state index contributed by atoms with van der Waals surface area (Å²) < 4.78 is 0. The molecule has 0 aliphatic carbocycles. The second-order valence-corrected chi connectivity index (χ2v) is 2.93. The molecule has 1 aromatic heterocycles. The molecular weight excluding hydrogens is 216 g/mol. The number of halogens is 1. The normalized spacial score (nSPS) is 9.20. The number of nitrogens with one attached hydrogen (secondary N) is 1. The van der Waals surface area contributed by atoms with Gasteiger partial charge in [0.2, 0.25) is 0 Å². The van der Waals surface area contributed by atoms with E-state index in [-0.39, 0.29) is 24.8 Å². The number of hydrogen-bond acceptors (Lipinski definition) is 4. The molecule has 0 atom stereocenters. The summed E-state index contributed by atoms with van der Waals surface area (Å²) in [6.07, 6.45) is 1.63. The van der Waals surface area contributed by atoms with E-state index in [0.717, 1.165) is 0 Å². The molecule has 0 saturated carbocycles. The van der Waals surface area contributed by atoms with Crippen molar-refractivity contribution in [1.82, 2.24) is 4.98 Å². The summed E-state index contributed by atoms with van der Waals surface area (Å²) in [5.74, 6) is 0.604. The first-order valence-corrected chi connectivity index (χ1v) is 4.28. The topological polar surface area (TPSA) is 86.2 Å². The Labute approximate surface area is 94.8 Å². The van der Waals surface area contributed by atoms with E-state index in [2.05, 4.69) is 4.98 Å². The first-order valence-electron chi connectivity index (χ1n) is 4.28. The highest BCUT2D eigenvalue weighted by molar-refractivity contribution is 5.99. The van der Waals surface area contributed by atoms with Crippen molar-refractivity contribution >= 4 is 24.1 Å². The maximum absolute atomic E-state index is 8.77. The van der Waals surface area contributed by atoms with Crippen LogP contribution in [0.2, 0.25) is 0 Å². The van der Waals surface area contributed by atoms with E-state index < -0.39 is 0 Å². The fraction of sp³-hybridized carbons (Fsp3) is 0.333. The van der Waals surface area contributed by atoms with Crippen LogP contribution < -0.4 is 10.6 Å². The number of nitrogen functional groups attached to an aromatic ring is 1. The van der Waals surface area contributed by atoms with Crippen LogP contribution in [-0.2, 0) is 0 Å². The second-order valence-electron chi connectivity index (χ2n) is 2.93. The average molecular weight is 231 g/mol. The Bertz CT molecular complexity index is 332. The van der Waals surface area contributed by atoms with Crippen LogP contribution in [0.3, 0.4) is 0 Å². The number of aliphatic hydroxyl groups is 1. The average Bonchev–Trinajstić information content (AvgIpc) is 2.18. The second kappa shape index (κ2) is 6.21. The number of amidine groups is 1. The largest absolute Gasteiger partial charge is 0.395 e. The number of aliphatic hydroxyl groups excluding tert-OH is 1. The molecule has 1 heterocycles. The first kappa shape index (κ1) is 13.7. The van der Waals surface area contributed by atoms with E-state index in [0.29, 0.717) is 17.9 Å². The third-order valence-electron chi connectivity index (χ3n) is 1.87. The van der Waals surface area contributed by atoms with Gasteiger partial charge in [0.05, 0.1) is 12.2 Å². The molecule has 4 N–H and O–H groups in total. The van der Waals surface area contributed by atoms with E-state index in [1.807, 2.05) is 0 Å². The van der Waals surface area contributed by atoms with Gasteiger partial charge in [0.15, 0.2) is 0 Å². The molecular formula is C9H15ClN4O. The lowest BCUT2D eigenvalue weighted by atomic mass is 10.2. The summed E-state index contributed by atoms with van der Waals surface area (Å²) in [4.78, 5) is 5.87. The minimum atomic E-state index is -0.0158. The smallest absolute Gasteiger partial charge is 0.139 e. The molecule has 5 nitrogen and oxygen atoms in total. The van der Waals surface area contributed by atoms with E-state index >= 15 is 0 Å². The highest BCUT2D eigenvalue weighted by Crippen LogP contribution is 2.14. The van der Waals surface area contributed by atoms with Gasteiger partial charge in [-0.3, -0.25) is 5.41 Å². The lowest BCUT2D eigenvalue weighted by Crippen LogP contribution is -2.26. The number of nitrogens with zero attached hydrogens (tertiary/aromatic N) is 2. The van der Waals surface area contributed by atoms with Crippen molar-refractivity contribution in [3.63, 3.8) is 0 Å². The lowest BCUT2D eigenvalue weighted by molar-refractivity contribution is 0.304. The summed E-state index contributed by atoms with van der Waals surface area (Å²) in [7, 11) is 1.80. The lowest BCUT2D eigenvalue weighted by Gasteiger charge is -2.19. The van der Waals surface area contributed by atoms with E-state index in [4.69, 9.17) is 16.2 Å². The Kier molecular flexibility index (Phi) is 5.66. The van der Waals surface area contributed by atoms with Crippen LogP contribution in [-0.4, -0.2) is 36.1 Å². The van der Waals surface area contributed by atoms with Crippen molar-refractivity contribution in [1.29, 1.82) is 5.41 Å². The number of nitrogens with two attached hydrogens (primary N) is 1. The van der Waals surface area contributed by atoms with Crippen LogP contribution in [0.15, 0.2) is 18.3 Å². The standard InChI is InChI=1S/C9H14N4O.ClH/c1-13(5-6-14)9-7(8(10)11)3-2-4-12-9;/h2-4,14H,5-6H2,1H3,(H3,10,11);1H. The van der Waals surface area contributed by atoms with Gasteiger partial charge in [-0.25, -0.2) is 4.98 Å². The molecule has 84 valence electrons. The Morgan fingerprint density at radius 2 is 2.33 bits per heavy atom. The van der Waals surface area contributed by atoms with E-state index in [1.165, 1.54) is 0 Å². The highest BCUT2D eigenvalue weighted by Gasteiger charge is 2.09. The van der Waals surface area contributed by atoms with Gasteiger partial charge in [0.25, 0.3) is 0 Å². The van der Waals surface area contributed by atoms with Gasteiger partial charge in [-0.1, -0.05) is 0 Å². The van der Waals surface area contributed by atoms with Gasteiger partial charge < -0.3 is 15.7 Å². The zero-order valence-corrected chi connectivity index (χ0v) is 9.29. The monoisotopic (exact) mass is 230 g/mol. The molecule has 15 heavy (non-hydrogen) atoms. The third kappa shape index (κ3) is 3.38. The van der Waals surface area contributed by atoms with Gasteiger partial charge in [0.1, 0.15) is 11.7 Å². The quantitative estimate of drug-likeness (QED) is 0.510. The van der Waals surface area contributed by atoms with Crippen molar-refractivity contribution in [3.8, 4) is 0 Å². The fourth-order valence-electron chi connectivity index (χ4n) is 1.17. The molecule has 1 rings (SSSR count). The summed E-state index contributed by atoms with van der Waals surface area (Å²) in [6, 6.07) is 3.46. The Balaban J connectivity index is 0.00000196. The Morgan fingerprint density at radius 3 is 2.87 bits per heavy atom. The fourth-order valence-corrected chi connectivity index (χ4v) is 1.17. The summed E-state index contributed by atoms with van der Waals surface area (Å²) in [5, 5.41) is 16.1. The molecule has 0 spiro atoms. The van der Waals surface area contributed by atoms with Gasteiger partial charge in [-0.05, 0) is 12.1 Å². The molecule has 0 amide bonds. The number of aromatic nitrogens is 1. The highest BCUT2D eigenvalue weighted by atomic mass is 35.5. The molecule has 0 saturated heterocycles. The first-order chi connectivity index (χ1) is 6.66. The third-order valence-corrected chi connectivity index (χ3v) is 1.87. The number of anilines is 1. The molecule has 0 unspecified atom stereocenters. The Morgan fingerprint density at radius 1 is 1.67 bits per heavy atom. The number of rotatable bonds is 4. The summed E-state index contributed by atoms with van der Waals surface area (Å²) >= 11 is 0. The molecule has 1 aromatic rings. The van der Waals surface area contributed by atoms with Crippen molar-refractivity contribution in [2.75, 3.05) is 25.1 Å². The van der Waals surface area contributed by atoms with Crippen LogP contribution in [0.4, 0.5) is 5.82 Å². The molecule has 0 aliphatic rings. The maximum Gasteiger partial charge on any atom is 0.139 e. The summed E-state index contributed by atoms with van der Waals surface area (Å²) in [5.41, 5.74) is 5.99. The molecule has 0 bridgehead atoms. The van der Waals surface area contributed by atoms with Crippen molar-refractivity contribution < 1.29 is 5.11 Å². The van der Waals surface area contributed by atoms with E-state index in [1.54, 1.807) is 30.3 Å². The summed E-state index contributed by atoms with van der Waals surface area (Å²) in [6.45, 7) is 0.516. The molecule has 6 heteroatoms. The minimum absolute atomic E-state index is 0. The number of pyridine rings is 1. The SMILES string of the molecule is CN(CCO)c1ncccc1C(=N)N.Cl. The van der Waals surface area contributed by atoms with Crippen molar-refractivity contribution in [2.24, 2.45) is 5.73 Å². The van der Waals surface area contributed by atoms with Gasteiger partial charge >= 0.3 is 0 Å². The van der Waals surface area contributed by atoms with Crippen molar-refractivity contribution in [2.45, 2.75) is 0 Å². The molecule has 0 radical (unpaired) electrons. The van der Waals surface area contributed by atoms with Crippen molar-refractivity contribution in [3.05, 3.63) is 23.9 Å². The van der Waals surface area contributed by atoms with Crippen LogP contribution in [0.25, 0.3) is 0 Å².